The van der Waals surface area contributed by atoms with Gasteiger partial charge in [-0.2, -0.15) is 18.2 Å². The van der Waals surface area contributed by atoms with Crippen molar-refractivity contribution in [2.45, 2.75) is 77.6 Å². The van der Waals surface area contributed by atoms with E-state index < -0.39 is 0 Å². The van der Waals surface area contributed by atoms with Crippen molar-refractivity contribution >= 4 is 32.8 Å². The fraction of sp³-hybridized carbons (Fsp3) is 0.200. The van der Waals surface area contributed by atoms with Gasteiger partial charge >= 0.3 is 0 Å². The van der Waals surface area contributed by atoms with Crippen LogP contribution in [0.2, 0.25) is 0 Å². The molecule has 328 valence electrons. The van der Waals surface area contributed by atoms with Crippen LogP contribution in [0.15, 0.2) is 152 Å². The summed E-state index contributed by atoms with van der Waals surface area (Å²) < 4.78 is 13.5. The van der Waals surface area contributed by atoms with Crippen LogP contribution >= 0.6 is 0 Å². The molecule has 0 saturated heterocycles. The SMILES string of the molecule is CC(C)(C)c1ccnc(-n2c3[c-]c(Oc4[c-]c(-n5[c-][n+](-c6c7c8cc(c6CCc6ccc(cc6)CC8)CCc6ccc(cc6)CC7)c6ccccc65)ccc4)ccc3c3ccccc32)c1.[Pt]. The Hall–Kier alpha value is -6.55. The van der Waals surface area contributed by atoms with E-state index in [1.807, 2.05) is 24.4 Å². The molecule has 18 rings (SSSR count). The number of benzene rings is 7. The topological polar surface area (TPSA) is 35.9 Å². The van der Waals surface area contributed by atoms with Crippen molar-refractivity contribution in [3.8, 4) is 28.7 Å². The molecule has 5 nitrogen and oxygen atoms in total. The first-order valence-electron chi connectivity index (χ1n) is 23.2. The molecule has 3 heterocycles. The van der Waals surface area contributed by atoms with Crippen molar-refractivity contribution in [1.82, 2.24) is 14.1 Å². The van der Waals surface area contributed by atoms with E-state index in [0.717, 1.165) is 95.7 Å². The molecule has 0 aliphatic heterocycles. The first-order chi connectivity index (χ1) is 31.8. The number of ether oxygens (including phenoxy) is 1. The zero-order valence-corrected chi connectivity index (χ0v) is 39.9. The summed E-state index contributed by atoms with van der Waals surface area (Å²) in [6.07, 6.45) is 13.8. The second-order valence-corrected chi connectivity index (χ2v) is 19.0. The fourth-order valence-corrected chi connectivity index (χ4v) is 10.3. The Labute approximate surface area is 401 Å². The zero-order valence-electron chi connectivity index (χ0n) is 37.6. The van der Waals surface area contributed by atoms with Crippen LogP contribution in [0, 0.1) is 18.5 Å². The number of aromatic nitrogens is 4. The van der Waals surface area contributed by atoms with E-state index in [9.17, 15) is 0 Å². The van der Waals surface area contributed by atoms with Gasteiger partial charge in [0, 0.05) is 44.3 Å². The average Bonchev–Trinajstić information content (AvgIpc) is 3.86. The number of aryl methyl sites for hydroxylation is 6. The molecule has 8 aliphatic carbocycles. The van der Waals surface area contributed by atoms with Gasteiger partial charge in [0.15, 0.2) is 0 Å². The van der Waals surface area contributed by atoms with Crippen LogP contribution < -0.4 is 9.30 Å². The van der Waals surface area contributed by atoms with E-state index >= 15 is 0 Å². The summed E-state index contributed by atoms with van der Waals surface area (Å²) in [4.78, 5) is 4.87. The van der Waals surface area contributed by atoms with Gasteiger partial charge < -0.3 is 13.9 Å². The summed E-state index contributed by atoms with van der Waals surface area (Å²) in [7, 11) is 0. The molecule has 66 heavy (non-hydrogen) atoms. The van der Waals surface area contributed by atoms with E-state index in [4.69, 9.17) is 9.72 Å². The number of fused-ring (bicyclic) bond motifs is 4. The minimum atomic E-state index is -0.0200. The number of imidazole rings is 1. The smallest absolute Gasteiger partial charge is 0.268 e. The van der Waals surface area contributed by atoms with E-state index in [1.54, 1.807) is 0 Å². The van der Waals surface area contributed by atoms with Crippen molar-refractivity contribution in [2.24, 2.45) is 0 Å². The van der Waals surface area contributed by atoms with Gasteiger partial charge in [-0.3, -0.25) is 4.57 Å². The summed E-state index contributed by atoms with van der Waals surface area (Å²) in [5, 5.41) is 2.25. The molecule has 0 unspecified atom stereocenters. The summed E-state index contributed by atoms with van der Waals surface area (Å²) in [5.74, 6) is 2.08. The number of rotatable bonds is 5. The van der Waals surface area contributed by atoms with Gasteiger partial charge in [0.25, 0.3) is 6.33 Å². The predicted molar refractivity (Wildman–Crippen MR) is 261 cm³/mol. The molecule has 8 aliphatic rings. The van der Waals surface area contributed by atoms with Crippen LogP contribution in [0.25, 0.3) is 50.0 Å². The maximum atomic E-state index is 6.70. The van der Waals surface area contributed by atoms with Gasteiger partial charge in [-0.15, -0.1) is 29.7 Å². The number of pyridine rings is 1. The Morgan fingerprint density at radius 3 is 1.83 bits per heavy atom. The standard InChI is InChI=1S/C60H50N4O.Pt/c1-60(2,3)46-33-34-61-58(36-46)64-54-12-5-4-11-52(54)53-32-29-49(38-57(53)64)65-48-10-8-9-47(37-48)62-39-63(56-14-7-6-13-55(56)62)59-50-30-25-42-19-15-40(16-20-42)23-27-44-35-45(50)28-24-41-17-21-43(22-18-41)26-31-51(44)59;/h4-22,29,32-36H,23-28,30-31H2,1-3H3;/q-2;. The summed E-state index contributed by atoms with van der Waals surface area (Å²) in [5.41, 5.74) is 19.0. The largest absolute Gasteiger partial charge is 0.510 e. The maximum Gasteiger partial charge on any atom is 0.268 e. The molecule has 0 fully saturated rings. The molecule has 0 radical (unpaired) electrons. The quantitative estimate of drug-likeness (QED) is 0.127. The van der Waals surface area contributed by atoms with Gasteiger partial charge in [-0.05, 0) is 136 Å². The Morgan fingerprint density at radius 1 is 0.561 bits per heavy atom. The van der Waals surface area contributed by atoms with Gasteiger partial charge in [0.1, 0.15) is 5.82 Å². The van der Waals surface area contributed by atoms with Crippen molar-refractivity contribution < 1.29 is 30.4 Å². The molecule has 0 N–H and O–H groups in total. The number of nitrogens with zero attached hydrogens (tertiary/aromatic N) is 4. The third kappa shape index (κ3) is 7.67. The van der Waals surface area contributed by atoms with Crippen molar-refractivity contribution in [3.63, 3.8) is 0 Å². The van der Waals surface area contributed by atoms with E-state index in [2.05, 4.69) is 180 Å². The Morgan fingerprint density at radius 2 is 1.17 bits per heavy atom. The third-order valence-electron chi connectivity index (χ3n) is 13.8. The van der Waals surface area contributed by atoms with Crippen LogP contribution in [0.5, 0.6) is 11.5 Å². The van der Waals surface area contributed by atoms with Crippen LogP contribution in [0.1, 0.15) is 70.8 Å². The summed E-state index contributed by atoms with van der Waals surface area (Å²) in [6, 6.07) is 60.5. The van der Waals surface area contributed by atoms with Gasteiger partial charge in [-0.1, -0.05) is 123 Å². The van der Waals surface area contributed by atoms with Crippen molar-refractivity contribution in [2.75, 3.05) is 0 Å². The minimum Gasteiger partial charge on any atom is -0.510 e. The Kier molecular flexibility index (Phi) is 10.9. The molecule has 0 amide bonds. The molecule has 6 heteroatoms. The molecule has 8 bridgehead atoms. The van der Waals surface area contributed by atoms with E-state index in [1.165, 1.54) is 55.8 Å². The normalized spacial score (nSPS) is 13.7. The van der Waals surface area contributed by atoms with Crippen LogP contribution in [0.4, 0.5) is 0 Å². The number of hydrogen-bond donors (Lipinski definition) is 0. The monoisotopic (exact) mass is 1040 g/mol. The van der Waals surface area contributed by atoms with Crippen molar-refractivity contribution in [3.05, 3.63) is 220 Å². The minimum absolute atomic E-state index is 0. The van der Waals surface area contributed by atoms with Crippen LogP contribution in [-0.2, 0) is 77.8 Å². The fourth-order valence-electron chi connectivity index (χ4n) is 10.3. The van der Waals surface area contributed by atoms with Gasteiger partial charge in [-0.25, -0.2) is 4.98 Å². The molecule has 3 aromatic heterocycles. The molecule has 0 spiro atoms. The first kappa shape index (κ1) is 42.1. The van der Waals surface area contributed by atoms with Crippen LogP contribution in [-0.4, -0.2) is 14.1 Å². The molecule has 7 aromatic carbocycles. The van der Waals surface area contributed by atoms with E-state index in [0.29, 0.717) is 11.5 Å². The number of para-hydroxylation sites is 3. The summed E-state index contributed by atoms with van der Waals surface area (Å²) in [6.45, 7) is 6.71. The van der Waals surface area contributed by atoms with Crippen LogP contribution in [0.3, 0.4) is 0 Å². The summed E-state index contributed by atoms with van der Waals surface area (Å²) >= 11 is 0. The van der Waals surface area contributed by atoms with Gasteiger partial charge in [0.05, 0.1) is 16.7 Å². The first-order valence-corrected chi connectivity index (χ1v) is 23.2. The molecule has 0 atom stereocenters. The molecular formula is C60H50N4OPt-2. The average molecular weight is 1040 g/mol. The Balaban J connectivity index is 0.00000481. The zero-order chi connectivity index (χ0) is 43.6. The van der Waals surface area contributed by atoms with Gasteiger partial charge in [0.2, 0.25) is 0 Å². The third-order valence-corrected chi connectivity index (χ3v) is 13.8. The van der Waals surface area contributed by atoms with E-state index in [-0.39, 0.29) is 26.5 Å². The molecule has 0 saturated carbocycles. The number of hydrogen-bond acceptors (Lipinski definition) is 2. The Bertz CT molecular complexity index is 3370. The molecular weight excluding hydrogens is 988 g/mol. The predicted octanol–water partition coefficient (Wildman–Crippen LogP) is 12.7. The maximum absolute atomic E-state index is 6.70. The second kappa shape index (κ2) is 17.0. The second-order valence-electron chi connectivity index (χ2n) is 19.0. The van der Waals surface area contributed by atoms with Crippen molar-refractivity contribution in [1.29, 1.82) is 0 Å². The molecule has 10 aromatic rings.